The van der Waals surface area contributed by atoms with E-state index in [0.29, 0.717) is 0 Å². The van der Waals surface area contributed by atoms with Crippen molar-refractivity contribution in [3.8, 4) is 0 Å². The van der Waals surface area contributed by atoms with Crippen LogP contribution in [0.25, 0.3) is 0 Å². The van der Waals surface area contributed by atoms with Crippen LogP contribution in [0.1, 0.15) is 26.2 Å². The van der Waals surface area contributed by atoms with Gasteiger partial charge >= 0.3 is 0 Å². The second kappa shape index (κ2) is 7.43. The van der Waals surface area contributed by atoms with Gasteiger partial charge in [0, 0.05) is 23.8 Å². The Balaban J connectivity index is 1.70. The molecule has 1 saturated carbocycles. The van der Waals surface area contributed by atoms with Gasteiger partial charge in [0.2, 0.25) is 5.91 Å². The van der Waals surface area contributed by atoms with E-state index in [0.717, 1.165) is 30.8 Å². The van der Waals surface area contributed by atoms with Gasteiger partial charge in [0.15, 0.2) is 0 Å². The molecule has 0 heterocycles. The molecule has 3 nitrogen and oxygen atoms in total. The lowest BCUT2D eigenvalue weighted by atomic mass is 10.2. The number of carbonyl (C=O) groups is 1. The third-order valence-corrected chi connectivity index (χ3v) is 4.08. The van der Waals surface area contributed by atoms with E-state index in [-0.39, 0.29) is 11.8 Å². The SMILES string of the molecule is CCSCCCNc1ccc(NC(=O)C2CC2)cc1. The van der Waals surface area contributed by atoms with Gasteiger partial charge in [-0.05, 0) is 55.0 Å². The van der Waals surface area contributed by atoms with Gasteiger partial charge in [-0.15, -0.1) is 0 Å². The van der Waals surface area contributed by atoms with Crippen molar-refractivity contribution in [3.05, 3.63) is 24.3 Å². The Morgan fingerprint density at radius 2 is 1.95 bits per heavy atom. The summed E-state index contributed by atoms with van der Waals surface area (Å²) in [7, 11) is 0. The van der Waals surface area contributed by atoms with Crippen LogP contribution < -0.4 is 10.6 Å². The molecular weight excluding hydrogens is 256 g/mol. The van der Waals surface area contributed by atoms with Gasteiger partial charge in [0.1, 0.15) is 0 Å². The van der Waals surface area contributed by atoms with Crippen molar-refractivity contribution in [1.82, 2.24) is 0 Å². The Morgan fingerprint density at radius 1 is 1.26 bits per heavy atom. The number of benzene rings is 1. The molecule has 2 rings (SSSR count). The lowest BCUT2D eigenvalue weighted by Crippen LogP contribution is -2.13. The zero-order chi connectivity index (χ0) is 13.5. The smallest absolute Gasteiger partial charge is 0.227 e. The average molecular weight is 278 g/mol. The maximum absolute atomic E-state index is 11.6. The molecule has 0 saturated heterocycles. The number of carbonyl (C=O) groups excluding carboxylic acids is 1. The summed E-state index contributed by atoms with van der Waals surface area (Å²) in [5.74, 6) is 2.82. The normalized spacial score (nSPS) is 14.2. The van der Waals surface area contributed by atoms with Gasteiger partial charge in [0.05, 0.1) is 0 Å². The summed E-state index contributed by atoms with van der Waals surface area (Å²) < 4.78 is 0. The van der Waals surface area contributed by atoms with Crippen LogP contribution >= 0.6 is 11.8 Å². The third kappa shape index (κ3) is 5.15. The summed E-state index contributed by atoms with van der Waals surface area (Å²) in [5, 5.41) is 6.34. The first-order chi connectivity index (χ1) is 9.29. The maximum Gasteiger partial charge on any atom is 0.227 e. The quantitative estimate of drug-likeness (QED) is 0.714. The standard InChI is InChI=1S/C15H22N2OS/c1-2-19-11-3-10-16-13-6-8-14(9-7-13)17-15(18)12-4-5-12/h6-9,12,16H,2-5,10-11H2,1H3,(H,17,18). The van der Waals surface area contributed by atoms with Crippen LogP contribution in [0.3, 0.4) is 0 Å². The molecule has 0 spiro atoms. The Labute approximate surface area is 119 Å². The minimum absolute atomic E-state index is 0.164. The van der Waals surface area contributed by atoms with Crippen LogP contribution in [0.2, 0.25) is 0 Å². The highest BCUT2D eigenvalue weighted by Gasteiger charge is 2.29. The Bertz CT molecular complexity index is 401. The second-order valence-corrected chi connectivity index (χ2v) is 6.21. The molecular formula is C15H22N2OS. The minimum atomic E-state index is 0.164. The van der Waals surface area contributed by atoms with Crippen molar-refractivity contribution in [1.29, 1.82) is 0 Å². The minimum Gasteiger partial charge on any atom is -0.385 e. The molecule has 0 unspecified atom stereocenters. The third-order valence-electron chi connectivity index (χ3n) is 3.10. The second-order valence-electron chi connectivity index (χ2n) is 4.82. The topological polar surface area (TPSA) is 41.1 Å². The van der Waals surface area contributed by atoms with E-state index < -0.39 is 0 Å². The number of nitrogens with one attached hydrogen (secondary N) is 2. The van der Waals surface area contributed by atoms with E-state index in [1.807, 2.05) is 36.0 Å². The number of hydrogen-bond donors (Lipinski definition) is 2. The van der Waals surface area contributed by atoms with Crippen LogP contribution in [-0.2, 0) is 4.79 Å². The molecule has 1 aromatic carbocycles. The van der Waals surface area contributed by atoms with E-state index in [2.05, 4.69) is 17.6 Å². The number of rotatable bonds is 8. The molecule has 0 aliphatic heterocycles. The number of thioether (sulfide) groups is 1. The predicted molar refractivity (Wildman–Crippen MR) is 83.9 cm³/mol. The van der Waals surface area contributed by atoms with E-state index in [1.54, 1.807) is 0 Å². The number of hydrogen-bond acceptors (Lipinski definition) is 3. The largest absolute Gasteiger partial charge is 0.385 e. The lowest BCUT2D eigenvalue weighted by Gasteiger charge is -2.08. The monoisotopic (exact) mass is 278 g/mol. The molecule has 1 amide bonds. The molecule has 1 aromatic rings. The van der Waals surface area contributed by atoms with Gasteiger partial charge in [-0.2, -0.15) is 11.8 Å². The van der Waals surface area contributed by atoms with Gasteiger partial charge in [-0.1, -0.05) is 6.92 Å². The fourth-order valence-electron chi connectivity index (χ4n) is 1.81. The summed E-state index contributed by atoms with van der Waals surface area (Å²) in [5.41, 5.74) is 2.01. The van der Waals surface area contributed by atoms with Crippen molar-refractivity contribution in [2.24, 2.45) is 5.92 Å². The molecule has 19 heavy (non-hydrogen) atoms. The molecule has 2 N–H and O–H groups in total. The van der Waals surface area contributed by atoms with Crippen LogP contribution in [0, 0.1) is 5.92 Å². The predicted octanol–water partition coefficient (Wildman–Crippen LogP) is 3.59. The Kier molecular flexibility index (Phi) is 5.58. The van der Waals surface area contributed by atoms with Crippen molar-refractivity contribution in [2.45, 2.75) is 26.2 Å². The van der Waals surface area contributed by atoms with Crippen molar-refractivity contribution in [3.63, 3.8) is 0 Å². The molecule has 1 fully saturated rings. The van der Waals surface area contributed by atoms with Gasteiger partial charge in [0.25, 0.3) is 0 Å². The van der Waals surface area contributed by atoms with Crippen LogP contribution in [0.5, 0.6) is 0 Å². The summed E-state index contributed by atoms with van der Waals surface area (Å²) in [4.78, 5) is 11.6. The molecule has 1 aliphatic carbocycles. The Morgan fingerprint density at radius 3 is 2.58 bits per heavy atom. The summed E-state index contributed by atoms with van der Waals surface area (Å²) in [6, 6.07) is 7.97. The van der Waals surface area contributed by atoms with Crippen molar-refractivity contribution < 1.29 is 4.79 Å². The Hall–Kier alpha value is -1.16. The van der Waals surface area contributed by atoms with Crippen molar-refractivity contribution >= 4 is 29.0 Å². The first kappa shape index (κ1) is 14.3. The fraction of sp³-hybridized carbons (Fsp3) is 0.533. The first-order valence-corrected chi connectivity index (χ1v) is 8.17. The molecule has 0 bridgehead atoms. The highest BCUT2D eigenvalue weighted by atomic mass is 32.2. The maximum atomic E-state index is 11.6. The van der Waals surface area contributed by atoms with E-state index >= 15 is 0 Å². The van der Waals surface area contributed by atoms with Crippen LogP contribution in [-0.4, -0.2) is 24.0 Å². The zero-order valence-corrected chi connectivity index (χ0v) is 12.3. The number of anilines is 2. The molecule has 0 aromatic heterocycles. The van der Waals surface area contributed by atoms with E-state index in [1.165, 1.54) is 17.9 Å². The van der Waals surface area contributed by atoms with Gasteiger partial charge in [-0.3, -0.25) is 4.79 Å². The van der Waals surface area contributed by atoms with E-state index in [9.17, 15) is 4.79 Å². The zero-order valence-electron chi connectivity index (χ0n) is 11.4. The summed E-state index contributed by atoms with van der Waals surface area (Å²) >= 11 is 1.97. The lowest BCUT2D eigenvalue weighted by molar-refractivity contribution is -0.117. The average Bonchev–Trinajstić information content (AvgIpc) is 3.25. The summed E-state index contributed by atoms with van der Waals surface area (Å²) in [6.07, 6.45) is 3.27. The molecule has 4 heteroatoms. The van der Waals surface area contributed by atoms with E-state index in [4.69, 9.17) is 0 Å². The summed E-state index contributed by atoms with van der Waals surface area (Å²) in [6.45, 7) is 3.19. The molecule has 0 radical (unpaired) electrons. The fourth-order valence-corrected chi connectivity index (χ4v) is 2.45. The molecule has 1 aliphatic rings. The molecule has 0 atom stereocenters. The van der Waals surface area contributed by atoms with Gasteiger partial charge < -0.3 is 10.6 Å². The van der Waals surface area contributed by atoms with Crippen LogP contribution in [0.4, 0.5) is 11.4 Å². The molecule has 104 valence electrons. The highest BCUT2D eigenvalue weighted by Crippen LogP contribution is 2.30. The highest BCUT2D eigenvalue weighted by molar-refractivity contribution is 7.99. The van der Waals surface area contributed by atoms with Crippen molar-refractivity contribution in [2.75, 3.05) is 28.7 Å². The van der Waals surface area contributed by atoms with Gasteiger partial charge in [-0.25, -0.2) is 0 Å². The first-order valence-electron chi connectivity index (χ1n) is 7.02. The van der Waals surface area contributed by atoms with Crippen LogP contribution in [0.15, 0.2) is 24.3 Å². The number of amides is 1.